The number of fused-ring (bicyclic) bond motifs is 5. The van der Waals surface area contributed by atoms with Crippen LogP contribution in [0.2, 0.25) is 0 Å². The fourth-order valence-corrected chi connectivity index (χ4v) is 9.41. The second-order valence-electron chi connectivity index (χ2n) is 16.5. The summed E-state index contributed by atoms with van der Waals surface area (Å²) < 4.78 is 54.5. The first-order valence-corrected chi connectivity index (χ1v) is 20.6. The Labute approximate surface area is 315 Å². The third-order valence-corrected chi connectivity index (χ3v) is 14.0. The molecule has 4 heterocycles. The van der Waals surface area contributed by atoms with Crippen LogP contribution in [0.3, 0.4) is 0 Å². The molecule has 5 atom stereocenters. The molecule has 1 spiro atoms. The highest BCUT2D eigenvalue weighted by molar-refractivity contribution is 7.91. The number of nitrogens with one attached hydrogen (secondary N) is 3. The number of alkyl carbamates (subject to hydrolysis) is 1. The molecule has 7 rings (SSSR count). The highest BCUT2D eigenvalue weighted by Gasteiger charge is 2.64. The first kappa shape index (κ1) is 38.0. The second-order valence-corrected chi connectivity index (χ2v) is 18.7. The molecule has 3 aliphatic heterocycles. The van der Waals surface area contributed by atoms with Crippen molar-refractivity contribution in [3.8, 4) is 5.75 Å². The number of carbonyl (C=O) groups is 4. The number of ether oxygens (including phenoxy) is 2. The van der Waals surface area contributed by atoms with E-state index < -0.39 is 73.5 Å². The minimum absolute atomic E-state index is 0.00152. The molecule has 1 saturated heterocycles. The van der Waals surface area contributed by atoms with Crippen molar-refractivity contribution in [2.75, 3.05) is 13.2 Å². The smallest absolute Gasteiger partial charge is 0.407 e. The first-order chi connectivity index (χ1) is 25.6. The number of rotatable bonds is 6. The van der Waals surface area contributed by atoms with Crippen molar-refractivity contribution in [2.45, 2.75) is 126 Å². The zero-order chi connectivity index (χ0) is 38.6. The molecular weight excluding hydrogens is 718 g/mol. The van der Waals surface area contributed by atoms with Crippen molar-refractivity contribution in [1.82, 2.24) is 25.2 Å². The predicted molar refractivity (Wildman–Crippen MR) is 197 cm³/mol. The van der Waals surface area contributed by atoms with Crippen LogP contribution in [0.5, 0.6) is 5.75 Å². The summed E-state index contributed by atoms with van der Waals surface area (Å²) in [5.41, 5.74) is -1.06. The maximum absolute atomic E-state index is 14.8. The number of aromatic nitrogens is 1. The van der Waals surface area contributed by atoms with Gasteiger partial charge in [-0.3, -0.25) is 19.1 Å². The van der Waals surface area contributed by atoms with Gasteiger partial charge < -0.3 is 25.0 Å². The topological polar surface area (TPSA) is 173 Å². The predicted octanol–water partition coefficient (Wildman–Crippen LogP) is 4.49. The number of hydrogen-bond acceptors (Lipinski definition) is 9. The van der Waals surface area contributed by atoms with E-state index in [2.05, 4.69) is 20.3 Å². The Kier molecular flexibility index (Phi) is 9.93. The van der Waals surface area contributed by atoms with E-state index in [-0.39, 0.29) is 37.4 Å². The Bertz CT molecular complexity index is 2020. The van der Waals surface area contributed by atoms with Gasteiger partial charge in [0.1, 0.15) is 40.3 Å². The molecule has 2 aliphatic carbocycles. The zero-order valence-electron chi connectivity index (χ0n) is 31.3. The molecule has 5 aliphatic rings. The van der Waals surface area contributed by atoms with Crippen LogP contribution < -0.4 is 20.1 Å². The van der Waals surface area contributed by atoms with Crippen LogP contribution >= 0.6 is 0 Å². The summed E-state index contributed by atoms with van der Waals surface area (Å²) in [6.07, 6.45) is 8.23. The van der Waals surface area contributed by atoms with Crippen LogP contribution in [0.1, 0.15) is 96.2 Å². The van der Waals surface area contributed by atoms with Gasteiger partial charge in [-0.1, -0.05) is 51.0 Å². The first-order valence-electron chi connectivity index (χ1n) is 19.1. The summed E-state index contributed by atoms with van der Waals surface area (Å²) in [5.74, 6) is -2.24. The molecule has 54 heavy (non-hydrogen) atoms. The zero-order valence-corrected chi connectivity index (χ0v) is 32.2. The third-order valence-electron chi connectivity index (χ3n) is 11.8. The minimum atomic E-state index is -4.00. The van der Waals surface area contributed by atoms with Gasteiger partial charge in [-0.25, -0.2) is 22.6 Å². The Balaban J connectivity index is 1.23. The number of halogens is 1. The Morgan fingerprint density at radius 1 is 1.15 bits per heavy atom. The highest BCUT2D eigenvalue weighted by Crippen LogP contribution is 2.49. The number of carbonyl (C=O) groups excluding carboxylic acids is 4. The van der Waals surface area contributed by atoms with Crippen molar-refractivity contribution in [3.05, 3.63) is 47.4 Å². The third kappa shape index (κ3) is 7.15. The van der Waals surface area contributed by atoms with Crippen LogP contribution in [0.25, 0.3) is 10.9 Å². The second kappa shape index (κ2) is 14.1. The maximum atomic E-state index is 14.8. The van der Waals surface area contributed by atoms with E-state index >= 15 is 0 Å². The molecule has 13 nitrogen and oxygen atoms in total. The molecule has 4 amide bonds. The number of para-hydroxylation sites is 1. The van der Waals surface area contributed by atoms with Gasteiger partial charge >= 0.3 is 6.09 Å². The molecule has 0 radical (unpaired) electrons. The lowest BCUT2D eigenvalue weighted by Crippen LogP contribution is -2.58. The fraction of sp³-hybridized carbons (Fsp3) is 0.615. The van der Waals surface area contributed by atoms with E-state index in [1.807, 2.05) is 26.0 Å². The Morgan fingerprint density at radius 3 is 2.67 bits per heavy atom. The van der Waals surface area contributed by atoms with Crippen molar-refractivity contribution < 1.29 is 41.5 Å². The molecule has 292 valence electrons. The number of hydrogen-bond donors (Lipinski definition) is 3. The van der Waals surface area contributed by atoms with E-state index in [1.165, 1.54) is 11.0 Å². The Hall–Kier alpha value is -4.27. The summed E-state index contributed by atoms with van der Waals surface area (Å²) in [5, 5.41) is 6.30. The molecule has 1 aromatic carbocycles. The van der Waals surface area contributed by atoms with Crippen LogP contribution in [-0.4, -0.2) is 83.2 Å². The quantitative estimate of drug-likeness (QED) is 0.358. The minimum Gasteiger partial charge on any atom is -0.483 e. The lowest BCUT2D eigenvalue weighted by atomic mass is 9.87. The van der Waals surface area contributed by atoms with E-state index in [9.17, 15) is 32.0 Å². The lowest BCUT2D eigenvalue weighted by molar-refractivity contribution is -0.141. The van der Waals surface area contributed by atoms with Gasteiger partial charge in [0.15, 0.2) is 0 Å². The average Bonchev–Trinajstić information content (AvgIpc) is 4.01. The van der Waals surface area contributed by atoms with Gasteiger partial charge in [0.05, 0.1) is 23.6 Å². The molecule has 3 N–H and O–H groups in total. The molecule has 1 aromatic heterocycles. The van der Waals surface area contributed by atoms with Crippen molar-refractivity contribution in [3.63, 3.8) is 0 Å². The maximum Gasteiger partial charge on any atom is 0.407 e. The van der Waals surface area contributed by atoms with E-state index in [4.69, 9.17) is 9.47 Å². The SMILES string of the molecule is Cc1nc2c(F)cccc2c2c1O[C@]1(CC2)C[C@H]2C(=O)N[C@]3(C(=O)NS(=O)(=O)C4(C)CC4)C[C@H]3/C=C\CCCCC[C@H](NC(=O)OCC(C)C)C(=O)N2C1. The Morgan fingerprint density at radius 2 is 1.93 bits per heavy atom. The molecule has 0 unspecified atom stereocenters. The van der Waals surface area contributed by atoms with Crippen LogP contribution in [0, 0.1) is 24.6 Å². The van der Waals surface area contributed by atoms with Crippen molar-refractivity contribution >= 4 is 44.7 Å². The van der Waals surface area contributed by atoms with Gasteiger partial charge in [0.2, 0.25) is 21.8 Å². The van der Waals surface area contributed by atoms with Crippen molar-refractivity contribution in [2.24, 2.45) is 11.8 Å². The van der Waals surface area contributed by atoms with Gasteiger partial charge in [-0.05, 0) is 77.2 Å². The number of nitrogens with zero attached hydrogens (tertiary/aromatic N) is 2. The standard InChI is InChI=1S/C39H50FN5O8S/c1-23(2)21-52-36(49)42-29-14-9-7-5-6-8-11-25-19-39(25,35(48)44-54(50,51)37(4)17-18-37)43-33(46)30-20-38(22-45(30)34(29)47)16-15-27-26-12-10-13-28(40)31(26)41-24(3)32(27)53-38/h8,10-13,23,25,29-30H,5-7,9,14-22H2,1-4H3,(H,42,49)(H,43,46)(H,44,48)/b11-8-/t25-,29+,30+,38-,39-/m1/s1. The lowest BCUT2D eigenvalue weighted by Gasteiger charge is -2.36. The van der Waals surface area contributed by atoms with E-state index in [0.717, 1.165) is 18.4 Å². The normalized spacial score (nSPS) is 29.8. The summed E-state index contributed by atoms with van der Waals surface area (Å²) in [6.45, 7) is 7.29. The summed E-state index contributed by atoms with van der Waals surface area (Å²) in [4.78, 5) is 62.0. The largest absolute Gasteiger partial charge is 0.483 e. The van der Waals surface area contributed by atoms with E-state index in [1.54, 1.807) is 26.0 Å². The van der Waals surface area contributed by atoms with Crippen molar-refractivity contribution in [1.29, 1.82) is 0 Å². The number of pyridine rings is 1. The van der Waals surface area contributed by atoms with Gasteiger partial charge in [0, 0.05) is 23.3 Å². The van der Waals surface area contributed by atoms with Gasteiger partial charge in [-0.2, -0.15) is 0 Å². The highest BCUT2D eigenvalue weighted by atomic mass is 32.2. The van der Waals surface area contributed by atoms with E-state index in [0.29, 0.717) is 61.8 Å². The molecule has 15 heteroatoms. The average molecular weight is 768 g/mol. The summed E-state index contributed by atoms with van der Waals surface area (Å²) in [7, 11) is -4.00. The molecular formula is C39H50FN5O8S. The monoisotopic (exact) mass is 767 g/mol. The molecule has 2 aromatic rings. The number of allylic oxidation sites excluding steroid dienone is 1. The molecule has 0 bridgehead atoms. The summed E-state index contributed by atoms with van der Waals surface area (Å²) in [6, 6.07) is 2.65. The molecule has 3 fully saturated rings. The number of benzene rings is 1. The fourth-order valence-electron chi connectivity index (χ4n) is 8.10. The van der Waals surface area contributed by atoms with Crippen LogP contribution in [0.4, 0.5) is 9.18 Å². The number of sulfonamides is 1. The summed E-state index contributed by atoms with van der Waals surface area (Å²) >= 11 is 0. The molecule has 2 saturated carbocycles. The van der Waals surface area contributed by atoms with Gasteiger partial charge in [0.25, 0.3) is 5.91 Å². The van der Waals surface area contributed by atoms with Crippen LogP contribution in [0.15, 0.2) is 30.4 Å². The number of amides is 4. The van der Waals surface area contributed by atoms with Gasteiger partial charge in [-0.15, -0.1) is 0 Å². The van der Waals surface area contributed by atoms with Crippen LogP contribution in [-0.2, 0) is 35.6 Å². The number of aryl methyl sites for hydroxylation is 2.